The molecule has 0 unspecified atom stereocenters. The number of ether oxygens (including phenoxy) is 1. The van der Waals surface area contributed by atoms with E-state index in [0.29, 0.717) is 0 Å². The summed E-state index contributed by atoms with van der Waals surface area (Å²) in [4.78, 5) is 38.4. The highest BCUT2D eigenvalue weighted by Gasteiger charge is 2.66. The van der Waals surface area contributed by atoms with Gasteiger partial charge in [0.15, 0.2) is 11.2 Å². The Morgan fingerprint density at radius 1 is 1.32 bits per heavy atom. The maximum atomic E-state index is 14.7. The van der Waals surface area contributed by atoms with Crippen LogP contribution in [0.2, 0.25) is 0 Å². The molecule has 2 aliphatic heterocycles. The van der Waals surface area contributed by atoms with E-state index in [9.17, 15) is 24.0 Å². The molecule has 1 aromatic carbocycles. The van der Waals surface area contributed by atoms with Crippen molar-refractivity contribution in [3.63, 3.8) is 0 Å². The summed E-state index contributed by atoms with van der Waals surface area (Å²) in [5, 5.41) is 10.1. The number of amides is 1. The number of methoxy groups -OCH3 is 1. The third-order valence-electron chi connectivity index (χ3n) is 5.31. The predicted molar refractivity (Wildman–Crippen MR) is 95.7 cm³/mol. The molecule has 144 valence electrons. The molecule has 1 amide bonds. The van der Waals surface area contributed by atoms with E-state index in [-0.39, 0.29) is 16.9 Å². The number of primary amides is 1. The fourth-order valence-electron chi connectivity index (χ4n) is 4.08. The van der Waals surface area contributed by atoms with Crippen LogP contribution in [0.4, 0.5) is 4.39 Å². The van der Waals surface area contributed by atoms with Crippen molar-refractivity contribution >= 4 is 17.7 Å². The average Bonchev–Trinajstić information content (AvgIpc) is 2.98. The number of nitriles is 1. The number of esters is 1. The fourth-order valence-corrected chi connectivity index (χ4v) is 4.08. The van der Waals surface area contributed by atoms with E-state index in [2.05, 4.69) is 0 Å². The van der Waals surface area contributed by atoms with Crippen LogP contribution in [0.1, 0.15) is 18.4 Å². The maximum Gasteiger partial charge on any atom is 0.329 e. The van der Waals surface area contributed by atoms with Gasteiger partial charge in [0.1, 0.15) is 11.9 Å². The van der Waals surface area contributed by atoms with Gasteiger partial charge in [-0.25, -0.2) is 4.39 Å². The zero-order valence-corrected chi connectivity index (χ0v) is 15.3. The third-order valence-corrected chi connectivity index (χ3v) is 5.31. The number of hydrogen-bond acceptors (Lipinski definition) is 6. The smallest absolute Gasteiger partial charge is 0.329 e. The minimum Gasteiger partial charge on any atom is -0.468 e. The van der Waals surface area contributed by atoms with Gasteiger partial charge >= 0.3 is 5.97 Å². The molecule has 0 radical (unpaired) electrons. The van der Waals surface area contributed by atoms with Gasteiger partial charge < -0.3 is 15.4 Å². The number of rotatable bonds is 4. The van der Waals surface area contributed by atoms with Gasteiger partial charge in [-0.1, -0.05) is 30.4 Å². The summed E-state index contributed by atoms with van der Waals surface area (Å²) in [5.41, 5.74) is 3.95. The molecule has 0 bridgehead atoms. The molecule has 1 saturated heterocycles. The monoisotopic (exact) mass is 383 g/mol. The first-order valence-corrected chi connectivity index (χ1v) is 8.51. The first-order valence-electron chi connectivity index (χ1n) is 8.51. The number of nitrogens with two attached hydrogens (primary N) is 1. The van der Waals surface area contributed by atoms with Crippen LogP contribution in [0.5, 0.6) is 0 Å². The van der Waals surface area contributed by atoms with E-state index >= 15 is 0 Å². The first-order chi connectivity index (χ1) is 13.3. The fraction of sp³-hybridized carbons (Fsp3) is 0.300. The Morgan fingerprint density at radius 3 is 2.54 bits per heavy atom. The second kappa shape index (κ2) is 6.93. The molecule has 3 rings (SSSR count). The number of halogens is 1. The summed E-state index contributed by atoms with van der Waals surface area (Å²) >= 11 is 0. The lowest BCUT2D eigenvalue weighted by molar-refractivity contribution is -0.150. The summed E-state index contributed by atoms with van der Waals surface area (Å²) in [6.45, 7) is 1.35. The number of carbonyl (C=O) groups excluding carboxylic acids is 3. The van der Waals surface area contributed by atoms with Crippen LogP contribution < -0.4 is 5.73 Å². The molecule has 2 aliphatic rings. The Hall–Kier alpha value is -3.47. The molecule has 0 spiro atoms. The lowest BCUT2D eigenvalue weighted by Gasteiger charge is -2.32. The summed E-state index contributed by atoms with van der Waals surface area (Å²) in [6, 6.07) is 5.36. The van der Waals surface area contributed by atoms with Gasteiger partial charge in [0.25, 0.3) is 0 Å². The Labute approximate surface area is 160 Å². The Bertz CT molecular complexity index is 964. The van der Waals surface area contributed by atoms with Crippen molar-refractivity contribution in [2.75, 3.05) is 7.11 Å². The van der Waals surface area contributed by atoms with Crippen molar-refractivity contribution in [3.8, 4) is 6.07 Å². The van der Waals surface area contributed by atoms with Crippen LogP contribution in [-0.2, 0) is 19.1 Å². The second-order valence-electron chi connectivity index (χ2n) is 6.71. The number of fused-ring (bicyclic) bond motifs is 1. The van der Waals surface area contributed by atoms with Crippen LogP contribution in [0, 0.1) is 22.6 Å². The van der Waals surface area contributed by atoms with Gasteiger partial charge in [-0.3, -0.25) is 14.4 Å². The molecule has 2 N–H and O–H groups in total. The quantitative estimate of drug-likeness (QED) is 0.781. The molecule has 0 aliphatic carbocycles. The number of benzene rings is 1. The summed E-state index contributed by atoms with van der Waals surface area (Å²) < 4.78 is 19.6. The Kier molecular flexibility index (Phi) is 4.77. The molecule has 28 heavy (non-hydrogen) atoms. The second-order valence-corrected chi connectivity index (χ2v) is 6.71. The molecule has 7 nitrogen and oxygen atoms in total. The van der Waals surface area contributed by atoms with Crippen LogP contribution in [0.3, 0.4) is 0 Å². The van der Waals surface area contributed by atoms with Crippen molar-refractivity contribution in [3.05, 3.63) is 59.6 Å². The number of Topliss-reactive ketones (excluding diaryl/α,β-unsaturated/α-hetero) is 1. The summed E-state index contributed by atoms with van der Waals surface area (Å²) in [7, 11) is 1.12. The minimum atomic E-state index is -1.94. The lowest BCUT2D eigenvalue weighted by Crippen LogP contribution is -2.45. The molecular formula is C20H18FN3O4. The number of allylic oxidation sites excluding steroid dienone is 2. The van der Waals surface area contributed by atoms with Crippen LogP contribution >= 0.6 is 0 Å². The van der Waals surface area contributed by atoms with Gasteiger partial charge in [0.05, 0.1) is 19.2 Å². The number of carbonyl (C=O) groups is 3. The molecule has 0 aromatic heterocycles. The Morgan fingerprint density at radius 2 is 2.00 bits per heavy atom. The molecule has 4 atom stereocenters. The SMILES string of the molecule is COC(=O)[C@]1(C#N)[C@H](c2ccccc2F)[C@@H](C(N)=O)N2C=C(C(C)=O)C=C[C@H]21. The molecular weight excluding hydrogens is 365 g/mol. The van der Waals surface area contributed by atoms with Crippen LogP contribution in [-0.4, -0.2) is 41.8 Å². The largest absolute Gasteiger partial charge is 0.468 e. The zero-order valence-electron chi connectivity index (χ0n) is 15.3. The average molecular weight is 383 g/mol. The van der Waals surface area contributed by atoms with Crippen molar-refractivity contribution in [1.82, 2.24) is 4.90 Å². The highest BCUT2D eigenvalue weighted by Crippen LogP contribution is 2.54. The number of ketones is 1. The van der Waals surface area contributed by atoms with E-state index in [1.807, 2.05) is 6.07 Å². The summed E-state index contributed by atoms with van der Waals surface area (Å²) in [6.07, 6.45) is 4.34. The number of nitrogens with zero attached hydrogens (tertiary/aromatic N) is 2. The molecule has 0 saturated carbocycles. The standard InChI is InChI=1S/C20H18FN3O4/c1-11(25)12-7-8-15-20(10-22,19(27)28-2)16(13-5-3-4-6-14(13)21)17(18(23)26)24(15)9-12/h3-9,15-17H,1-2H3,(H2,23,26)/t15-,16+,17-,20-/m0/s1. The Balaban J connectivity index is 2.33. The highest BCUT2D eigenvalue weighted by atomic mass is 19.1. The predicted octanol–water partition coefficient (Wildman–Crippen LogP) is 1.17. The first kappa shape index (κ1) is 19.3. The topological polar surface area (TPSA) is 113 Å². The van der Waals surface area contributed by atoms with E-state index in [1.165, 1.54) is 48.4 Å². The van der Waals surface area contributed by atoms with E-state index < -0.39 is 41.1 Å². The zero-order chi connectivity index (χ0) is 20.6. The van der Waals surface area contributed by atoms with E-state index in [1.54, 1.807) is 6.07 Å². The van der Waals surface area contributed by atoms with Gasteiger partial charge in [0, 0.05) is 17.7 Å². The van der Waals surface area contributed by atoms with E-state index in [4.69, 9.17) is 10.5 Å². The van der Waals surface area contributed by atoms with Crippen molar-refractivity contribution in [2.45, 2.75) is 24.9 Å². The van der Waals surface area contributed by atoms with Gasteiger partial charge in [-0.2, -0.15) is 5.26 Å². The van der Waals surface area contributed by atoms with Crippen LogP contribution in [0.15, 0.2) is 48.2 Å². The molecule has 1 aromatic rings. The van der Waals surface area contributed by atoms with Crippen molar-refractivity contribution < 1.29 is 23.5 Å². The third kappa shape index (κ3) is 2.59. The van der Waals surface area contributed by atoms with Crippen LogP contribution in [0.25, 0.3) is 0 Å². The summed E-state index contributed by atoms with van der Waals surface area (Å²) in [5.74, 6) is -3.95. The molecule has 1 fully saturated rings. The highest BCUT2D eigenvalue weighted by molar-refractivity contribution is 5.97. The molecule has 2 heterocycles. The van der Waals surface area contributed by atoms with Crippen molar-refractivity contribution in [1.29, 1.82) is 5.26 Å². The lowest BCUT2D eigenvalue weighted by atomic mass is 9.68. The normalized spacial score (nSPS) is 28.1. The molecule has 8 heteroatoms. The number of hydrogen-bond donors (Lipinski definition) is 1. The van der Waals surface area contributed by atoms with Crippen molar-refractivity contribution in [2.24, 2.45) is 11.1 Å². The van der Waals surface area contributed by atoms with Gasteiger partial charge in [-0.05, 0) is 18.6 Å². The maximum absolute atomic E-state index is 14.7. The van der Waals surface area contributed by atoms with Gasteiger partial charge in [0.2, 0.25) is 5.91 Å². The van der Waals surface area contributed by atoms with E-state index in [0.717, 1.165) is 7.11 Å². The van der Waals surface area contributed by atoms with Gasteiger partial charge in [-0.15, -0.1) is 0 Å². The minimum absolute atomic E-state index is 0.00109.